The lowest BCUT2D eigenvalue weighted by Gasteiger charge is -2.32. The van der Waals surface area contributed by atoms with Gasteiger partial charge in [0.05, 0.1) is 11.1 Å². The fourth-order valence-corrected chi connectivity index (χ4v) is 10.8. The van der Waals surface area contributed by atoms with Crippen LogP contribution in [0, 0.1) is 0 Å². The largest absolute Gasteiger partial charge is 0.455 e. The fourth-order valence-electron chi connectivity index (χ4n) is 10.8. The third-order valence-corrected chi connectivity index (χ3v) is 13.5. The average Bonchev–Trinajstić information content (AvgIpc) is 3.99. The van der Waals surface area contributed by atoms with Crippen LogP contribution in [0.5, 0.6) is 0 Å². The van der Waals surface area contributed by atoms with Crippen molar-refractivity contribution in [3.8, 4) is 55.6 Å². The molecule has 1 spiro atoms. The maximum absolute atomic E-state index is 6.67. The first-order valence-electron chi connectivity index (χ1n) is 21.8. The summed E-state index contributed by atoms with van der Waals surface area (Å²) >= 11 is 0. The lowest BCUT2D eigenvalue weighted by atomic mass is 9.70. The van der Waals surface area contributed by atoms with Gasteiger partial charge in [-0.25, -0.2) is 0 Å². The molecule has 0 atom stereocenters. The van der Waals surface area contributed by atoms with E-state index in [1.165, 1.54) is 55.6 Å². The number of hydrogen-bond donors (Lipinski definition) is 0. The van der Waals surface area contributed by atoms with E-state index in [4.69, 9.17) is 4.42 Å². The molecule has 0 unspecified atom stereocenters. The molecule has 2 aliphatic carbocycles. The van der Waals surface area contributed by atoms with Gasteiger partial charge in [-0.3, -0.25) is 0 Å². The van der Waals surface area contributed by atoms with Crippen LogP contribution in [0.25, 0.3) is 77.6 Å². The minimum Gasteiger partial charge on any atom is -0.455 e. The van der Waals surface area contributed by atoms with Crippen molar-refractivity contribution >= 4 is 39.0 Å². The van der Waals surface area contributed by atoms with E-state index in [9.17, 15) is 0 Å². The highest BCUT2D eigenvalue weighted by Crippen LogP contribution is 2.64. The number of nitrogens with zero attached hydrogens (tertiary/aromatic N) is 1. The Balaban J connectivity index is 0.973. The van der Waals surface area contributed by atoms with E-state index in [0.717, 1.165) is 61.3 Å². The first-order valence-corrected chi connectivity index (χ1v) is 21.8. The van der Waals surface area contributed by atoms with E-state index >= 15 is 0 Å². The van der Waals surface area contributed by atoms with Gasteiger partial charge in [0.1, 0.15) is 11.2 Å². The van der Waals surface area contributed by atoms with Crippen LogP contribution in [-0.2, 0) is 5.41 Å². The molecule has 1 aromatic heterocycles. The van der Waals surface area contributed by atoms with Gasteiger partial charge >= 0.3 is 0 Å². The zero-order valence-electron chi connectivity index (χ0n) is 34.4. The monoisotopic (exact) mass is 801 g/mol. The minimum absolute atomic E-state index is 0.432. The van der Waals surface area contributed by atoms with Crippen LogP contribution in [0.3, 0.4) is 0 Å². The Morgan fingerprint density at radius 3 is 1.44 bits per heavy atom. The number of anilines is 3. The molecule has 0 aliphatic heterocycles. The topological polar surface area (TPSA) is 16.4 Å². The van der Waals surface area contributed by atoms with Crippen molar-refractivity contribution in [2.24, 2.45) is 0 Å². The summed E-state index contributed by atoms with van der Waals surface area (Å²) in [6.07, 6.45) is 0. The molecule has 0 fully saturated rings. The van der Waals surface area contributed by atoms with Gasteiger partial charge in [0.15, 0.2) is 0 Å². The highest BCUT2D eigenvalue weighted by atomic mass is 16.3. The molecule has 294 valence electrons. The molecule has 0 saturated carbocycles. The fraction of sp³-hybridized carbons (Fsp3) is 0.0164. The Labute approximate surface area is 366 Å². The quantitative estimate of drug-likeness (QED) is 0.167. The van der Waals surface area contributed by atoms with Crippen molar-refractivity contribution in [3.05, 3.63) is 259 Å². The second kappa shape index (κ2) is 13.9. The number of para-hydroxylation sites is 1. The van der Waals surface area contributed by atoms with Crippen molar-refractivity contribution < 1.29 is 4.42 Å². The van der Waals surface area contributed by atoms with E-state index in [-0.39, 0.29) is 0 Å². The number of fused-ring (bicyclic) bond motifs is 13. The summed E-state index contributed by atoms with van der Waals surface area (Å²) in [6.45, 7) is 0. The third-order valence-electron chi connectivity index (χ3n) is 13.5. The normalized spacial score (nSPS) is 12.9. The molecule has 1 heterocycles. The van der Waals surface area contributed by atoms with Crippen molar-refractivity contribution in [1.82, 2.24) is 0 Å². The molecule has 0 N–H and O–H groups in total. The van der Waals surface area contributed by atoms with Crippen LogP contribution in [0.15, 0.2) is 241 Å². The molecular formula is C61H39NO. The SMILES string of the molecule is c1ccc(-c2ccc(N(c3ccc(-c4ccc5c(c4)oc4c(-c6ccccc6)cccc45)cc3)c3cccc4c3-c3ccccc3C43c4ccccc4-c4ccccc43)cc2)cc1. The van der Waals surface area contributed by atoms with Gasteiger partial charge in [-0.1, -0.05) is 194 Å². The van der Waals surface area contributed by atoms with Crippen molar-refractivity contribution in [1.29, 1.82) is 0 Å². The molecule has 2 nitrogen and oxygen atoms in total. The second-order valence-corrected chi connectivity index (χ2v) is 16.7. The van der Waals surface area contributed by atoms with Crippen molar-refractivity contribution in [3.63, 3.8) is 0 Å². The lowest BCUT2D eigenvalue weighted by molar-refractivity contribution is 0.670. The van der Waals surface area contributed by atoms with Gasteiger partial charge in [-0.05, 0) is 109 Å². The molecule has 11 aromatic rings. The molecule has 0 saturated heterocycles. The molecule has 63 heavy (non-hydrogen) atoms. The van der Waals surface area contributed by atoms with Gasteiger partial charge in [-0.2, -0.15) is 0 Å². The van der Waals surface area contributed by atoms with Gasteiger partial charge in [0, 0.05) is 33.3 Å². The Hall–Kier alpha value is -8.20. The van der Waals surface area contributed by atoms with Crippen LogP contribution in [0.1, 0.15) is 22.3 Å². The summed E-state index contributed by atoms with van der Waals surface area (Å²) in [7, 11) is 0. The Kier molecular flexibility index (Phi) is 7.85. The molecular weight excluding hydrogens is 763 g/mol. The summed E-state index contributed by atoms with van der Waals surface area (Å²) in [5.74, 6) is 0. The summed E-state index contributed by atoms with van der Waals surface area (Å²) in [4.78, 5) is 2.45. The Morgan fingerprint density at radius 1 is 0.317 bits per heavy atom. The third kappa shape index (κ3) is 5.25. The lowest BCUT2D eigenvalue weighted by Crippen LogP contribution is -2.26. The van der Waals surface area contributed by atoms with Gasteiger partial charge in [0.2, 0.25) is 0 Å². The maximum Gasteiger partial charge on any atom is 0.143 e. The average molecular weight is 802 g/mol. The highest BCUT2D eigenvalue weighted by molar-refractivity contribution is 6.10. The smallest absolute Gasteiger partial charge is 0.143 e. The summed E-state index contributed by atoms with van der Waals surface area (Å²) in [6, 6.07) is 86.3. The number of rotatable bonds is 6. The van der Waals surface area contributed by atoms with Crippen LogP contribution in [0.2, 0.25) is 0 Å². The molecule has 2 aliphatic rings. The second-order valence-electron chi connectivity index (χ2n) is 16.7. The molecule has 0 amide bonds. The minimum atomic E-state index is -0.432. The number of hydrogen-bond acceptors (Lipinski definition) is 2. The molecule has 2 heteroatoms. The van der Waals surface area contributed by atoms with Crippen LogP contribution < -0.4 is 4.90 Å². The maximum atomic E-state index is 6.67. The zero-order valence-corrected chi connectivity index (χ0v) is 34.4. The van der Waals surface area contributed by atoms with E-state index in [2.05, 4.69) is 241 Å². The zero-order chi connectivity index (χ0) is 41.5. The van der Waals surface area contributed by atoms with Crippen molar-refractivity contribution in [2.75, 3.05) is 4.90 Å². The number of furan rings is 1. The van der Waals surface area contributed by atoms with Crippen LogP contribution in [0.4, 0.5) is 17.1 Å². The standard InChI is InChI=1S/C61H39NO/c1-3-15-40(16-4-1)41-29-34-45(35-30-41)62(46-36-31-42(32-37-46)44-33-38-50-51-23-13-22-47(43-17-5-2-6-18-43)60(51)63-58(50)39-44)57-28-14-27-56-59(57)52-21-9-12-26-55(52)61(56)53-24-10-7-19-48(53)49-20-8-11-25-54(49)61/h1-39H. The van der Waals surface area contributed by atoms with E-state index in [0.29, 0.717) is 0 Å². The first-order chi connectivity index (χ1) is 31.3. The summed E-state index contributed by atoms with van der Waals surface area (Å²) < 4.78 is 6.67. The van der Waals surface area contributed by atoms with E-state index in [1.54, 1.807) is 0 Å². The van der Waals surface area contributed by atoms with Crippen LogP contribution in [-0.4, -0.2) is 0 Å². The van der Waals surface area contributed by atoms with E-state index in [1.807, 2.05) is 0 Å². The van der Waals surface area contributed by atoms with Gasteiger partial charge < -0.3 is 9.32 Å². The number of benzene rings is 10. The summed E-state index contributed by atoms with van der Waals surface area (Å²) in [5.41, 5.74) is 22.1. The molecule has 0 bridgehead atoms. The van der Waals surface area contributed by atoms with Gasteiger partial charge in [0.25, 0.3) is 0 Å². The molecule has 10 aromatic carbocycles. The Morgan fingerprint density at radius 2 is 0.794 bits per heavy atom. The van der Waals surface area contributed by atoms with Gasteiger partial charge in [-0.15, -0.1) is 0 Å². The van der Waals surface area contributed by atoms with E-state index < -0.39 is 5.41 Å². The first kappa shape index (κ1) is 35.5. The highest BCUT2D eigenvalue weighted by Gasteiger charge is 2.52. The van der Waals surface area contributed by atoms with Crippen LogP contribution >= 0.6 is 0 Å². The summed E-state index contributed by atoms with van der Waals surface area (Å²) in [5, 5.41) is 2.25. The predicted molar refractivity (Wildman–Crippen MR) is 261 cm³/mol. The van der Waals surface area contributed by atoms with Crippen molar-refractivity contribution in [2.45, 2.75) is 5.41 Å². The molecule has 0 radical (unpaired) electrons. The molecule has 13 rings (SSSR count). The predicted octanol–water partition coefficient (Wildman–Crippen LogP) is 16.4. The Bertz CT molecular complexity index is 3500.